The fraction of sp³-hybridized carbons (Fsp3) is 0.857. The molecule has 2 saturated heterocycles. The lowest BCUT2D eigenvalue weighted by Gasteiger charge is -2.18. The maximum Gasteiger partial charge on any atom is 0.0635 e. The predicted molar refractivity (Wildman–Crippen MR) is 41.0 cm³/mol. The fourth-order valence-corrected chi connectivity index (χ4v) is 2.00. The van der Waals surface area contributed by atoms with Gasteiger partial charge in [-0.1, -0.05) is 0 Å². The molecule has 0 amide bonds. The minimum atomic E-state index is 0.650. The lowest BCUT2D eigenvalue weighted by atomic mass is 10.1. The number of nitrogens with zero attached hydrogens (tertiary/aromatic N) is 2. The van der Waals surface area contributed by atoms with Crippen LogP contribution in [0.1, 0.15) is 6.42 Å². The summed E-state index contributed by atoms with van der Waals surface area (Å²) in [5.41, 5.74) is 0. The number of fused-ring (bicyclic) bond motifs is 1. The first kappa shape index (κ1) is 6.16. The maximum atomic E-state index is 3.97. The van der Waals surface area contributed by atoms with Gasteiger partial charge in [0.2, 0.25) is 0 Å². The summed E-state index contributed by atoms with van der Waals surface area (Å²) in [6.07, 6.45) is 1.29. The smallest absolute Gasteiger partial charge is 0.0635 e. The third kappa shape index (κ3) is 0.736. The summed E-state index contributed by atoms with van der Waals surface area (Å²) in [6, 6.07) is 0.650. The largest absolute Gasteiger partial charge is 0.314 e. The Balaban J connectivity index is 2.07. The molecule has 2 fully saturated rings. The Morgan fingerprint density at radius 2 is 2.40 bits per heavy atom. The SMILES string of the molecule is C=NN1CC[C@H]2CNC[C@H]21. The number of rotatable bonds is 1. The molecule has 2 aliphatic rings. The van der Waals surface area contributed by atoms with Crippen LogP contribution in [0.25, 0.3) is 0 Å². The highest BCUT2D eigenvalue weighted by Gasteiger charge is 2.36. The van der Waals surface area contributed by atoms with Gasteiger partial charge in [0.1, 0.15) is 0 Å². The molecule has 0 spiro atoms. The maximum absolute atomic E-state index is 3.97. The normalized spacial score (nSPS) is 38.2. The third-order valence-electron chi connectivity index (χ3n) is 2.60. The minimum absolute atomic E-state index is 0.650. The van der Waals surface area contributed by atoms with Gasteiger partial charge in [-0.2, -0.15) is 5.10 Å². The number of hydrazone groups is 1. The van der Waals surface area contributed by atoms with Gasteiger partial charge in [-0.25, -0.2) is 0 Å². The van der Waals surface area contributed by atoms with Crippen molar-refractivity contribution in [2.75, 3.05) is 19.6 Å². The van der Waals surface area contributed by atoms with Gasteiger partial charge in [-0.3, -0.25) is 5.01 Å². The monoisotopic (exact) mass is 139 g/mol. The second-order valence-electron chi connectivity index (χ2n) is 3.08. The van der Waals surface area contributed by atoms with Gasteiger partial charge in [0, 0.05) is 26.4 Å². The van der Waals surface area contributed by atoms with Crippen LogP contribution >= 0.6 is 0 Å². The van der Waals surface area contributed by atoms with Crippen LogP contribution in [0.2, 0.25) is 0 Å². The highest BCUT2D eigenvalue weighted by molar-refractivity contribution is 5.23. The highest BCUT2D eigenvalue weighted by atomic mass is 15.5. The molecule has 2 rings (SSSR count). The fourth-order valence-electron chi connectivity index (χ4n) is 2.00. The van der Waals surface area contributed by atoms with E-state index in [1.807, 2.05) is 0 Å². The average Bonchev–Trinajstić information content (AvgIpc) is 2.44. The van der Waals surface area contributed by atoms with Crippen LogP contribution in [0, 0.1) is 5.92 Å². The zero-order valence-electron chi connectivity index (χ0n) is 6.08. The van der Waals surface area contributed by atoms with Crippen LogP contribution in [0.5, 0.6) is 0 Å². The average molecular weight is 139 g/mol. The zero-order chi connectivity index (χ0) is 6.97. The van der Waals surface area contributed by atoms with E-state index in [9.17, 15) is 0 Å². The van der Waals surface area contributed by atoms with E-state index in [0.717, 1.165) is 19.0 Å². The summed E-state index contributed by atoms with van der Waals surface area (Å²) >= 11 is 0. The van der Waals surface area contributed by atoms with E-state index in [1.165, 1.54) is 13.0 Å². The molecule has 0 unspecified atom stereocenters. The van der Waals surface area contributed by atoms with Crippen LogP contribution in [0.3, 0.4) is 0 Å². The van der Waals surface area contributed by atoms with Crippen molar-refractivity contribution < 1.29 is 0 Å². The Bertz CT molecular complexity index is 146. The van der Waals surface area contributed by atoms with E-state index >= 15 is 0 Å². The van der Waals surface area contributed by atoms with Crippen LogP contribution in [0.4, 0.5) is 0 Å². The molecule has 0 aromatic carbocycles. The van der Waals surface area contributed by atoms with Gasteiger partial charge in [-0.15, -0.1) is 0 Å². The van der Waals surface area contributed by atoms with E-state index in [2.05, 4.69) is 22.1 Å². The summed E-state index contributed by atoms with van der Waals surface area (Å²) in [4.78, 5) is 0. The quantitative estimate of drug-likeness (QED) is 0.513. The van der Waals surface area contributed by atoms with E-state index in [-0.39, 0.29) is 0 Å². The zero-order valence-corrected chi connectivity index (χ0v) is 6.08. The molecule has 2 aliphatic heterocycles. The van der Waals surface area contributed by atoms with Crippen molar-refractivity contribution in [2.45, 2.75) is 12.5 Å². The Kier molecular flexibility index (Phi) is 1.38. The molecular formula is C7H13N3. The van der Waals surface area contributed by atoms with Gasteiger partial charge in [-0.05, 0) is 12.3 Å². The molecule has 10 heavy (non-hydrogen) atoms. The summed E-state index contributed by atoms with van der Waals surface area (Å²) in [5, 5.41) is 9.45. The summed E-state index contributed by atoms with van der Waals surface area (Å²) in [6.45, 7) is 6.94. The first-order valence-electron chi connectivity index (χ1n) is 3.86. The summed E-state index contributed by atoms with van der Waals surface area (Å²) in [5.74, 6) is 0.838. The van der Waals surface area contributed by atoms with Crippen molar-refractivity contribution in [3.8, 4) is 0 Å². The minimum Gasteiger partial charge on any atom is -0.314 e. The van der Waals surface area contributed by atoms with E-state index in [0.29, 0.717) is 6.04 Å². The molecule has 0 aromatic heterocycles. The number of hydrogen-bond donors (Lipinski definition) is 1. The molecule has 3 heteroatoms. The molecule has 0 radical (unpaired) electrons. The number of hydrogen-bond acceptors (Lipinski definition) is 3. The molecule has 0 aliphatic carbocycles. The van der Waals surface area contributed by atoms with Crippen molar-refractivity contribution in [3.05, 3.63) is 0 Å². The van der Waals surface area contributed by atoms with Crippen molar-refractivity contribution >= 4 is 6.72 Å². The van der Waals surface area contributed by atoms with Crippen LogP contribution in [-0.2, 0) is 0 Å². The van der Waals surface area contributed by atoms with Crippen LogP contribution in [-0.4, -0.2) is 37.4 Å². The predicted octanol–water partition coefficient (Wildman–Crippen LogP) is -0.104. The van der Waals surface area contributed by atoms with E-state index in [4.69, 9.17) is 0 Å². The lowest BCUT2D eigenvalue weighted by Crippen LogP contribution is -2.29. The van der Waals surface area contributed by atoms with Crippen LogP contribution in [0.15, 0.2) is 5.10 Å². The van der Waals surface area contributed by atoms with Crippen molar-refractivity contribution in [3.63, 3.8) is 0 Å². The van der Waals surface area contributed by atoms with E-state index < -0.39 is 0 Å². The molecule has 0 aromatic rings. The summed E-state index contributed by atoms with van der Waals surface area (Å²) < 4.78 is 0. The molecule has 2 atom stereocenters. The Morgan fingerprint density at radius 1 is 1.50 bits per heavy atom. The van der Waals surface area contributed by atoms with Gasteiger partial charge in [0.05, 0.1) is 6.04 Å². The summed E-state index contributed by atoms with van der Waals surface area (Å²) in [7, 11) is 0. The van der Waals surface area contributed by atoms with Crippen molar-refractivity contribution in [1.29, 1.82) is 0 Å². The van der Waals surface area contributed by atoms with Crippen LogP contribution < -0.4 is 5.32 Å². The highest BCUT2D eigenvalue weighted by Crippen LogP contribution is 2.26. The topological polar surface area (TPSA) is 27.6 Å². The van der Waals surface area contributed by atoms with Gasteiger partial charge in [0.15, 0.2) is 0 Å². The third-order valence-corrected chi connectivity index (χ3v) is 2.60. The lowest BCUT2D eigenvalue weighted by molar-refractivity contribution is 0.267. The Morgan fingerprint density at radius 3 is 3.20 bits per heavy atom. The molecular weight excluding hydrogens is 126 g/mol. The second kappa shape index (κ2) is 2.23. The first-order valence-corrected chi connectivity index (χ1v) is 3.86. The molecule has 1 N–H and O–H groups in total. The first-order chi connectivity index (χ1) is 4.92. The van der Waals surface area contributed by atoms with E-state index in [1.54, 1.807) is 0 Å². The molecule has 56 valence electrons. The van der Waals surface area contributed by atoms with Gasteiger partial charge >= 0.3 is 0 Å². The molecule has 2 heterocycles. The standard InChI is InChI=1S/C7H13N3/c1-8-10-3-2-6-4-9-5-7(6)10/h6-7,9H,1-5H2/t6-,7+/m0/s1. The number of nitrogens with one attached hydrogen (secondary N) is 1. The Hall–Kier alpha value is -0.570. The second-order valence-corrected chi connectivity index (χ2v) is 3.08. The van der Waals surface area contributed by atoms with Crippen molar-refractivity contribution in [1.82, 2.24) is 10.3 Å². The molecule has 0 bridgehead atoms. The molecule has 3 nitrogen and oxygen atoms in total. The Labute approximate surface area is 61.1 Å². The molecule has 0 saturated carbocycles. The van der Waals surface area contributed by atoms with Gasteiger partial charge in [0.25, 0.3) is 0 Å². The van der Waals surface area contributed by atoms with Gasteiger partial charge < -0.3 is 5.32 Å². The van der Waals surface area contributed by atoms with Crippen molar-refractivity contribution in [2.24, 2.45) is 11.0 Å².